The zero-order valence-electron chi connectivity index (χ0n) is 16.0. The van der Waals surface area contributed by atoms with Crippen molar-refractivity contribution in [1.82, 2.24) is 0 Å². The average molecular weight is 373 g/mol. The molecule has 0 bridgehead atoms. The van der Waals surface area contributed by atoms with Gasteiger partial charge < -0.3 is 14.8 Å². The molecule has 0 aliphatic heterocycles. The molecule has 1 amide bonds. The van der Waals surface area contributed by atoms with Gasteiger partial charge in [0, 0.05) is 23.4 Å². The van der Waals surface area contributed by atoms with E-state index in [0.29, 0.717) is 11.5 Å². The van der Waals surface area contributed by atoms with Crippen molar-refractivity contribution in [2.24, 2.45) is 0 Å². The minimum Gasteiger partial charge on any atom is -0.497 e. The summed E-state index contributed by atoms with van der Waals surface area (Å²) in [6.07, 6.45) is 3.99. The standard InChI is InChI=1S/C24H23NO3/c1-27-21-14-12-19(23(17-21)28-2)13-15-24(26)25-22-11-7-6-10-20(22)16-18-8-4-3-5-9-18/h3-15,17H,16H2,1-2H3,(H,25,26). The lowest BCUT2D eigenvalue weighted by Crippen LogP contribution is -2.10. The van der Waals surface area contributed by atoms with Crippen LogP contribution >= 0.6 is 0 Å². The second-order valence-corrected chi connectivity index (χ2v) is 6.25. The van der Waals surface area contributed by atoms with E-state index in [1.165, 1.54) is 11.6 Å². The summed E-state index contributed by atoms with van der Waals surface area (Å²) in [5, 5.41) is 2.97. The third-order valence-electron chi connectivity index (χ3n) is 4.37. The summed E-state index contributed by atoms with van der Waals surface area (Å²) < 4.78 is 10.6. The first-order valence-corrected chi connectivity index (χ1v) is 9.02. The average Bonchev–Trinajstić information content (AvgIpc) is 2.74. The minimum absolute atomic E-state index is 0.196. The largest absolute Gasteiger partial charge is 0.497 e. The van der Waals surface area contributed by atoms with Crippen LogP contribution in [0.3, 0.4) is 0 Å². The van der Waals surface area contributed by atoms with Crippen LogP contribution in [-0.2, 0) is 11.2 Å². The van der Waals surface area contributed by atoms with Gasteiger partial charge in [-0.25, -0.2) is 0 Å². The van der Waals surface area contributed by atoms with Gasteiger partial charge in [0.15, 0.2) is 0 Å². The van der Waals surface area contributed by atoms with E-state index in [4.69, 9.17) is 9.47 Å². The first kappa shape index (κ1) is 19.2. The highest BCUT2D eigenvalue weighted by Crippen LogP contribution is 2.25. The van der Waals surface area contributed by atoms with Crippen molar-refractivity contribution in [3.8, 4) is 11.5 Å². The Morgan fingerprint density at radius 3 is 2.43 bits per heavy atom. The summed E-state index contributed by atoms with van der Waals surface area (Å²) in [4.78, 5) is 12.4. The molecular formula is C24H23NO3. The van der Waals surface area contributed by atoms with Gasteiger partial charge in [0.25, 0.3) is 0 Å². The predicted molar refractivity (Wildman–Crippen MR) is 113 cm³/mol. The molecule has 0 spiro atoms. The molecule has 3 aromatic rings. The molecular weight excluding hydrogens is 350 g/mol. The van der Waals surface area contributed by atoms with Gasteiger partial charge in [0.05, 0.1) is 14.2 Å². The van der Waals surface area contributed by atoms with Crippen molar-refractivity contribution in [3.05, 3.63) is 95.6 Å². The van der Waals surface area contributed by atoms with Crippen molar-refractivity contribution < 1.29 is 14.3 Å². The fraction of sp³-hybridized carbons (Fsp3) is 0.125. The molecule has 0 heterocycles. The Morgan fingerprint density at radius 1 is 0.929 bits per heavy atom. The highest BCUT2D eigenvalue weighted by atomic mass is 16.5. The number of amides is 1. The number of hydrogen-bond acceptors (Lipinski definition) is 3. The van der Waals surface area contributed by atoms with Crippen LogP contribution in [0.5, 0.6) is 11.5 Å². The molecule has 142 valence electrons. The summed E-state index contributed by atoms with van der Waals surface area (Å²) in [6.45, 7) is 0. The number of carbonyl (C=O) groups is 1. The number of benzene rings is 3. The Balaban J connectivity index is 1.73. The van der Waals surface area contributed by atoms with E-state index in [9.17, 15) is 4.79 Å². The monoisotopic (exact) mass is 373 g/mol. The van der Waals surface area contributed by atoms with E-state index in [2.05, 4.69) is 17.4 Å². The topological polar surface area (TPSA) is 47.6 Å². The third kappa shape index (κ3) is 5.01. The van der Waals surface area contributed by atoms with Crippen LogP contribution in [0.2, 0.25) is 0 Å². The van der Waals surface area contributed by atoms with Gasteiger partial charge in [-0.1, -0.05) is 48.5 Å². The molecule has 0 aromatic heterocycles. The predicted octanol–water partition coefficient (Wildman–Crippen LogP) is 4.95. The normalized spacial score (nSPS) is 10.6. The number of anilines is 1. The van der Waals surface area contributed by atoms with E-state index in [-0.39, 0.29) is 5.91 Å². The Labute approximate surface area is 165 Å². The molecule has 4 nitrogen and oxygen atoms in total. The van der Waals surface area contributed by atoms with Gasteiger partial charge in [0.1, 0.15) is 11.5 Å². The lowest BCUT2D eigenvalue weighted by atomic mass is 10.0. The van der Waals surface area contributed by atoms with Crippen molar-refractivity contribution in [1.29, 1.82) is 0 Å². The van der Waals surface area contributed by atoms with Gasteiger partial charge >= 0.3 is 0 Å². The van der Waals surface area contributed by atoms with Crippen LogP contribution in [0.4, 0.5) is 5.69 Å². The highest BCUT2D eigenvalue weighted by molar-refractivity contribution is 6.02. The molecule has 0 atom stereocenters. The lowest BCUT2D eigenvalue weighted by Gasteiger charge is -2.10. The smallest absolute Gasteiger partial charge is 0.248 e. The Kier molecular flexibility index (Phi) is 6.47. The Bertz CT molecular complexity index is 965. The van der Waals surface area contributed by atoms with E-state index in [0.717, 1.165) is 23.2 Å². The maximum absolute atomic E-state index is 12.4. The van der Waals surface area contributed by atoms with Gasteiger partial charge in [-0.3, -0.25) is 4.79 Å². The van der Waals surface area contributed by atoms with Crippen LogP contribution < -0.4 is 14.8 Å². The quantitative estimate of drug-likeness (QED) is 0.596. The summed E-state index contributed by atoms with van der Waals surface area (Å²) in [6, 6.07) is 23.5. The molecule has 1 N–H and O–H groups in total. The van der Waals surface area contributed by atoms with Crippen LogP contribution in [-0.4, -0.2) is 20.1 Å². The van der Waals surface area contributed by atoms with Gasteiger partial charge in [-0.05, 0) is 41.8 Å². The van der Waals surface area contributed by atoms with E-state index < -0.39 is 0 Å². The number of hydrogen-bond donors (Lipinski definition) is 1. The molecule has 0 fully saturated rings. The van der Waals surface area contributed by atoms with Crippen molar-refractivity contribution in [2.45, 2.75) is 6.42 Å². The van der Waals surface area contributed by atoms with Crippen LogP contribution in [0.15, 0.2) is 78.9 Å². The first-order chi connectivity index (χ1) is 13.7. The summed E-state index contributed by atoms with van der Waals surface area (Å²) in [5.74, 6) is 1.15. The van der Waals surface area contributed by atoms with Gasteiger partial charge in [-0.15, -0.1) is 0 Å². The van der Waals surface area contributed by atoms with Crippen LogP contribution in [0, 0.1) is 0 Å². The van der Waals surface area contributed by atoms with E-state index >= 15 is 0 Å². The fourth-order valence-corrected chi connectivity index (χ4v) is 2.91. The Hall–Kier alpha value is -3.53. The number of rotatable bonds is 7. The van der Waals surface area contributed by atoms with E-state index in [1.54, 1.807) is 26.4 Å². The number of ether oxygens (including phenoxy) is 2. The molecule has 0 unspecified atom stereocenters. The Morgan fingerprint density at radius 2 is 1.68 bits per heavy atom. The van der Waals surface area contributed by atoms with Crippen molar-refractivity contribution in [3.63, 3.8) is 0 Å². The van der Waals surface area contributed by atoms with Gasteiger partial charge in [0.2, 0.25) is 5.91 Å². The molecule has 0 radical (unpaired) electrons. The molecule has 3 aromatic carbocycles. The van der Waals surface area contributed by atoms with E-state index in [1.807, 2.05) is 54.6 Å². The van der Waals surface area contributed by atoms with Gasteiger partial charge in [-0.2, -0.15) is 0 Å². The summed E-state index contributed by atoms with van der Waals surface area (Å²) >= 11 is 0. The van der Waals surface area contributed by atoms with Crippen LogP contribution in [0.1, 0.15) is 16.7 Å². The number of carbonyl (C=O) groups excluding carboxylic acids is 1. The molecule has 0 saturated heterocycles. The maximum atomic E-state index is 12.4. The summed E-state index contributed by atoms with van der Waals surface area (Å²) in [5.41, 5.74) is 3.87. The molecule has 4 heteroatoms. The minimum atomic E-state index is -0.196. The molecule has 28 heavy (non-hydrogen) atoms. The third-order valence-corrected chi connectivity index (χ3v) is 4.37. The zero-order valence-corrected chi connectivity index (χ0v) is 16.0. The molecule has 3 rings (SSSR count). The lowest BCUT2D eigenvalue weighted by molar-refractivity contribution is -0.111. The fourth-order valence-electron chi connectivity index (χ4n) is 2.91. The van der Waals surface area contributed by atoms with Crippen LogP contribution in [0.25, 0.3) is 6.08 Å². The number of para-hydroxylation sites is 1. The van der Waals surface area contributed by atoms with Crippen molar-refractivity contribution >= 4 is 17.7 Å². The van der Waals surface area contributed by atoms with Crippen molar-refractivity contribution in [2.75, 3.05) is 19.5 Å². The maximum Gasteiger partial charge on any atom is 0.248 e. The summed E-state index contributed by atoms with van der Waals surface area (Å²) in [7, 11) is 3.19. The second kappa shape index (κ2) is 9.42. The number of nitrogens with one attached hydrogen (secondary N) is 1. The first-order valence-electron chi connectivity index (χ1n) is 9.02. The molecule has 0 saturated carbocycles. The number of methoxy groups -OCH3 is 2. The molecule has 0 aliphatic carbocycles. The molecule has 0 aliphatic rings. The highest BCUT2D eigenvalue weighted by Gasteiger charge is 2.07. The second-order valence-electron chi connectivity index (χ2n) is 6.25. The SMILES string of the molecule is COc1ccc(C=CC(=O)Nc2ccccc2Cc2ccccc2)c(OC)c1. The zero-order chi connectivity index (χ0) is 19.8.